The van der Waals surface area contributed by atoms with Gasteiger partial charge in [-0.25, -0.2) is 4.39 Å². The number of carbonyl (C=O) groups excluding carboxylic acids is 1. The van der Waals surface area contributed by atoms with Crippen LogP contribution in [0.5, 0.6) is 5.75 Å². The van der Waals surface area contributed by atoms with Gasteiger partial charge in [0.25, 0.3) is 0 Å². The number of alkyl halides is 3. The Kier molecular flexibility index (Phi) is 5.74. The van der Waals surface area contributed by atoms with Crippen LogP contribution in [0.15, 0.2) is 42.5 Å². The summed E-state index contributed by atoms with van der Waals surface area (Å²) in [5.74, 6) is -0.641. The van der Waals surface area contributed by atoms with Gasteiger partial charge in [0.1, 0.15) is 18.2 Å². The van der Waals surface area contributed by atoms with Crippen LogP contribution in [0.3, 0.4) is 0 Å². The highest BCUT2D eigenvalue weighted by Gasteiger charge is 2.34. The van der Waals surface area contributed by atoms with Gasteiger partial charge in [0, 0.05) is 5.69 Å². The molecular weight excluding hydrogens is 364 g/mol. The summed E-state index contributed by atoms with van der Waals surface area (Å²) in [6.07, 6.45) is -4.72. The number of anilines is 1. The molecule has 0 aliphatic heterocycles. The van der Waals surface area contributed by atoms with Crippen LogP contribution in [0.1, 0.15) is 25.0 Å². The minimum absolute atomic E-state index is 0.0765. The van der Waals surface area contributed by atoms with Crippen LogP contribution in [0.4, 0.5) is 23.2 Å². The lowest BCUT2D eigenvalue weighted by Crippen LogP contribution is -2.36. The summed E-state index contributed by atoms with van der Waals surface area (Å²) in [6, 6.07) is 9.63. The van der Waals surface area contributed by atoms with Crippen LogP contribution in [-0.4, -0.2) is 12.5 Å². The summed E-state index contributed by atoms with van der Waals surface area (Å²) < 4.78 is 57.4. The van der Waals surface area contributed by atoms with Crippen molar-refractivity contribution in [3.63, 3.8) is 0 Å². The topological polar surface area (TPSA) is 62.1 Å². The van der Waals surface area contributed by atoms with Gasteiger partial charge < -0.3 is 10.1 Å². The van der Waals surface area contributed by atoms with Crippen LogP contribution in [-0.2, 0) is 11.0 Å². The highest BCUT2D eigenvalue weighted by molar-refractivity contribution is 5.95. The Balaban J connectivity index is 2.11. The molecule has 27 heavy (non-hydrogen) atoms. The van der Waals surface area contributed by atoms with E-state index in [4.69, 9.17) is 10.00 Å². The number of amides is 1. The minimum atomic E-state index is -4.72. The third-order valence-corrected chi connectivity index (χ3v) is 3.73. The number of nitrogens with one attached hydrogen (secondary N) is 1. The molecule has 2 aromatic rings. The Morgan fingerprint density at radius 3 is 2.33 bits per heavy atom. The lowest BCUT2D eigenvalue weighted by atomic mass is 9.93. The fourth-order valence-electron chi connectivity index (χ4n) is 2.11. The zero-order valence-corrected chi connectivity index (χ0v) is 14.5. The number of rotatable bonds is 5. The number of nitriles is 1. The molecule has 4 nitrogen and oxygen atoms in total. The summed E-state index contributed by atoms with van der Waals surface area (Å²) >= 11 is 0. The largest absolute Gasteiger partial charge is 0.492 e. The zero-order chi connectivity index (χ0) is 20.2. The summed E-state index contributed by atoms with van der Waals surface area (Å²) in [5, 5.41) is 11.2. The number of ether oxygens (including phenoxy) is 1. The summed E-state index contributed by atoms with van der Waals surface area (Å²) in [5.41, 5.74) is -2.82. The Morgan fingerprint density at radius 2 is 1.78 bits per heavy atom. The van der Waals surface area contributed by atoms with E-state index >= 15 is 0 Å². The van der Waals surface area contributed by atoms with Gasteiger partial charge in [-0.15, -0.1) is 0 Å². The third-order valence-electron chi connectivity index (χ3n) is 3.73. The molecule has 0 spiro atoms. The molecule has 0 fully saturated rings. The molecular formula is C19H16F4N2O2. The van der Waals surface area contributed by atoms with E-state index in [0.29, 0.717) is 11.8 Å². The number of hydrogen-bond donors (Lipinski definition) is 1. The van der Waals surface area contributed by atoms with Crippen LogP contribution in [0.2, 0.25) is 0 Å². The molecule has 2 rings (SSSR count). The number of halogens is 4. The molecule has 1 N–H and O–H groups in total. The molecule has 2 aromatic carbocycles. The molecule has 1 amide bonds. The van der Waals surface area contributed by atoms with Gasteiger partial charge in [0.15, 0.2) is 0 Å². The molecule has 0 aliphatic rings. The number of hydrogen-bond acceptors (Lipinski definition) is 3. The first-order chi connectivity index (χ1) is 12.5. The highest BCUT2D eigenvalue weighted by atomic mass is 19.4. The lowest BCUT2D eigenvalue weighted by molar-refractivity contribution is -0.137. The molecule has 0 heterocycles. The maximum absolute atomic E-state index is 13.0. The maximum Gasteiger partial charge on any atom is 0.417 e. The first-order valence-corrected chi connectivity index (χ1v) is 7.84. The second-order valence-corrected chi connectivity index (χ2v) is 6.45. The first kappa shape index (κ1) is 20.2. The fourth-order valence-corrected chi connectivity index (χ4v) is 2.11. The van der Waals surface area contributed by atoms with Gasteiger partial charge in [0.2, 0.25) is 5.91 Å². The lowest BCUT2D eigenvalue weighted by Gasteiger charge is -2.24. The van der Waals surface area contributed by atoms with Gasteiger partial charge in [-0.2, -0.15) is 18.4 Å². The molecule has 8 heteroatoms. The van der Waals surface area contributed by atoms with Gasteiger partial charge in [-0.3, -0.25) is 4.79 Å². The molecule has 0 aliphatic carbocycles. The SMILES string of the molecule is CC(C)(COc1ccc(F)cc1)C(=O)Nc1ccc(C#N)c(C(F)(F)F)c1. The Morgan fingerprint density at radius 1 is 1.15 bits per heavy atom. The standard InChI is InChI=1S/C19H16F4N2O2/c1-18(2,11-27-15-7-4-13(20)5-8-15)17(26)25-14-6-3-12(10-24)16(9-14)19(21,22)23/h3-9H,11H2,1-2H3,(H,25,26). The normalized spacial score (nSPS) is 11.6. The number of nitrogens with zero attached hydrogens (tertiary/aromatic N) is 1. The monoisotopic (exact) mass is 380 g/mol. The van der Waals surface area contributed by atoms with E-state index in [-0.39, 0.29) is 12.3 Å². The Hall–Kier alpha value is -3.08. The second kappa shape index (κ2) is 7.66. The highest BCUT2D eigenvalue weighted by Crippen LogP contribution is 2.34. The van der Waals surface area contributed by atoms with Crippen molar-refractivity contribution in [3.8, 4) is 11.8 Å². The van der Waals surface area contributed by atoms with Crippen molar-refractivity contribution in [2.24, 2.45) is 5.41 Å². The van der Waals surface area contributed by atoms with Crippen molar-refractivity contribution in [2.45, 2.75) is 20.0 Å². The average molecular weight is 380 g/mol. The van der Waals surface area contributed by atoms with E-state index in [2.05, 4.69) is 5.32 Å². The molecule has 0 atom stereocenters. The van der Waals surface area contributed by atoms with Crippen molar-refractivity contribution in [2.75, 3.05) is 11.9 Å². The van der Waals surface area contributed by atoms with Crippen molar-refractivity contribution in [1.82, 2.24) is 0 Å². The predicted octanol–water partition coefficient (Wildman–Crippen LogP) is 4.76. The van der Waals surface area contributed by atoms with Crippen LogP contribution in [0.25, 0.3) is 0 Å². The van der Waals surface area contributed by atoms with Crippen molar-refractivity contribution < 1.29 is 27.1 Å². The van der Waals surface area contributed by atoms with Crippen LogP contribution < -0.4 is 10.1 Å². The molecule has 0 aromatic heterocycles. The van der Waals surface area contributed by atoms with E-state index in [0.717, 1.165) is 6.07 Å². The van der Waals surface area contributed by atoms with E-state index < -0.39 is 34.4 Å². The zero-order valence-electron chi connectivity index (χ0n) is 14.5. The predicted molar refractivity (Wildman–Crippen MR) is 90.5 cm³/mol. The third kappa shape index (κ3) is 5.20. The van der Waals surface area contributed by atoms with Crippen molar-refractivity contribution >= 4 is 11.6 Å². The van der Waals surface area contributed by atoms with Crippen molar-refractivity contribution in [1.29, 1.82) is 5.26 Å². The van der Waals surface area contributed by atoms with E-state index in [1.165, 1.54) is 36.4 Å². The second-order valence-electron chi connectivity index (χ2n) is 6.45. The smallest absolute Gasteiger partial charge is 0.417 e. The van der Waals surface area contributed by atoms with E-state index in [1.54, 1.807) is 13.8 Å². The van der Waals surface area contributed by atoms with Crippen LogP contribution in [0, 0.1) is 22.6 Å². The fraction of sp³-hybridized carbons (Fsp3) is 0.263. The molecule has 0 bridgehead atoms. The van der Waals surface area contributed by atoms with Gasteiger partial charge in [-0.05, 0) is 56.3 Å². The van der Waals surface area contributed by atoms with Gasteiger partial charge >= 0.3 is 6.18 Å². The van der Waals surface area contributed by atoms with Crippen LogP contribution >= 0.6 is 0 Å². The van der Waals surface area contributed by atoms with Crippen molar-refractivity contribution in [3.05, 3.63) is 59.4 Å². The molecule has 0 saturated carbocycles. The summed E-state index contributed by atoms with van der Waals surface area (Å²) in [6.45, 7) is 3.03. The van der Waals surface area contributed by atoms with E-state index in [9.17, 15) is 22.4 Å². The summed E-state index contributed by atoms with van der Waals surface area (Å²) in [4.78, 5) is 12.4. The minimum Gasteiger partial charge on any atom is -0.492 e. The van der Waals surface area contributed by atoms with E-state index in [1.807, 2.05) is 0 Å². The maximum atomic E-state index is 13.0. The Bertz CT molecular complexity index is 869. The molecule has 142 valence electrons. The molecule has 0 unspecified atom stereocenters. The van der Waals surface area contributed by atoms with Gasteiger partial charge in [0.05, 0.1) is 22.6 Å². The Labute approximate surface area is 153 Å². The average Bonchev–Trinajstić information content (AvgIpc) is 2.60. The quantitative estimate of drug-likeness (QED) is 0.761. The molecule has 0 saturated heterocycles. The number of benzene rings is 2. The number of carbonyl (C=O) groups is 1. The first-order valence-electron chi connectivity index (χ1n) is 7.84. The van der Waals surface area contributed by atoms with Gasteiger partial charge in [-0.1, -0.05) is 0 Å². The molecule has 0 radical (unpaired) electrons. The summed E-state index contributed by atoms with van der Waals surface area (Å²) in [7, 11) is 0.